The van der Waals surface area contributed by atoms with E-state index < -0.39 is 11.5 Å². The number of aromatic amines is 1. The zero-order valence-corrected chi connectivity index (χ0v) is 12.7. The number of benzene rings is 1. The van der Waals surface area contributed by atoms with E-state index in [0.717, 1.165) is 15.9 Å². The molecule has 120 valence electrons. The highest BCUT2D eigenvalue weighted by atomic mass is 16.5. The minimum absolute atomic E-state index is 0.158. The summed E-state index contributed by atoms with van der Waals surface area (Å²) in [6.07, 6.45) is 1.55. The SMILES string of the molecule is Cc1ccccc1C=Nn1[nH]nc(C(=O)N2CCOCC2)c1=O. The molecule has 2 heterocycles. The van der Waals surface area contributed by atoms with Crippen molar-refractivity contribution in [2.75, 3.05) is 26.3 Å². The summed E-state index contributed by atoms with van der Waals surface area (Å²) in [5, 5.41) is 10.3. The summed E-state index contributed by atoms with van der Waals surface area (Å²) in [7, 11) is 0. The van der Waals surface area contributed by atoms with Crippen LogP contribution in [0.25, 0.3) is 0 Å². The van der Waals surface area contributed by atoms with Crippen molar-refractivity contribution in [2.24, 2.45) is 5.10 Å². The molecule has 1 aliphatic rings. The molecule has 1 amide bonds. The molecular weight excluding hydrogens is 298 g/mol. The van der Waals surface area contributed by atoms with Crippen molar-refractivity contribution in [3.05, 3.63) is 51.4 Å². The molecule has 1 N–H and O–H groups in total. The third-order valence-electron chi connectivity index (χ3n) is 3.65. The first-order valence-electron chi connectivity index (χ1n) is 7.31. The molecule has 23 heavy (non-hydrogen) atoms. The first kappa shape index (κ1) is 15.2. The van der Waals surface area contributed by atoms with E-state index >= 15 is 0 Å². The van der Waals surface area contributed by atoms with E-state index in [1.54, 1.807) is 11.1 Å². The van der Waals surface area contributed by atoms with Crippen LogP contribution in [0, 0.1) is 6.92 Å². The van der Waals surface area contributed by atoms with Crippen LogP contribution in [0.15, 0.2) is 34.2 Å². The number of carbonyl (C=O) groups excluding carboxylic acids is 1. The second kappa shape index (κ2) is 6.57. The van der Waals surface area contributed by atoms with Crippen LogP contribution in [0.4, 0.5) is 0 Å². The largest absolute Gasteiger partial charge is 0.378 e. The van der Waals surface area contributed by atoms with Crippen LogP contribution >= 0.6 is 0 Å². The van der Waals surface area contributed by atoms with Gasteiger partial charge >= 0.3 is 5.56 Å². The Kier molecular flexibility index (Phi) is 4.33. The van der Waals surface area contributed by atoms with Crippen molar-refractivity contribution in [3.8, 4) is 0 Å². The lowest BCUT2D eigenvalue weighted by molar-refractivity contribution is 0.0298. The molecule has 8 heteroatoms. The van der Waals surface area contributed by atoms with Crippen molar-refractivity contribution >= 4 is 12.1 Å². The molecule has 2 aromatic rings. The summed E-state index contributed by atoms with van der Waals surface area (Å²) in [6, 6.07) is 7.65. The van der Waals surface area contributed by atoms with Gasteiger partial charge in [0.2, 0.25) is 5.69 Å². The van der Waals surface area contributed by atoms with Crippen LogP contribution in [0.1, 0.15) is 21.6 Å². The molecule has 0 aliphatic carbocycles. The molecule has 8 nitrogen and oxygen atoms in total. The highest BCUT2D eigenvalue weighted by Crippen LogP contribution is 2.04. The molecular formula is C15H17N5O3. The van der Waals surface area contributed by atoms with Gasteiger partial charge in [-0.15, -0.1) is 9.89 Å². The number of hydrogen-bond donors (Lipinski definition) is 1. The van der Waals surface area contributed by atoms with E-state index in [1.165, 1.54) is 0 Å². The van der Waals surface area contributed by atoms with E-state index in [-0.39, 0.29) is 5.69 Å². The Bertz CT molecular complexity index is 786. The monoisotopic (exact) mass is 315 g/mol. The maximum Gasteiger partial charge on any atom is 0.320 e. The van der Waals surface area contributed by atoms with Gasteiger partial charge in [0.05, 0.1) is 19.4 Å². The van der Waals surface area contributed by atoms with Crippen molar-refractivity contribution in [1.82, 2.24) is 20.0 Å². The average molecular weight is 315 g/mol. The lowest BCUT2D eigenvalue weighted by Crippen LogP contribution is -2.42. The normalized spacial score (nSPS) is 15.3. The quantitative estimate of drug-likeness (QED) is 0.821. The highest BCUT2D eigenvalue weighted by Gasteiger charge is 2.24. The zero-order chi connectivity index (χ0) is 16.2. The minimum atomic E-state index is -0.564. The van der Waals surface area contributed by atoms with Gasteiger partial charge in [-0.2, -0.15) is 10.3 Å². The first-order chi connectivity index (χ1) is 11.2. The summed E-state index contributed by atoms with van der Waals surface area (Å²) in [4.78, 5) is 27.0. The van der Waals surface area contributed by atoms with Crippen molar-refractivity contribution in [3.63, 3.8) is 0 Å². The molecule has 3 rings (SSSR count). The van der Waals surface area contributed by atoms with Crippen LogP contribution in [0.2, 0.25) is 0 Å². The number of hydrogen-bond acceptors (Lipinski definition) is 5. The van der Waals surface area contributed by atoms with Gasteiger partial charge in [-0.1, -0.05) is 24.3 Å². The molecule has 0 unspecified atom stereocenters. The molecule has 1 fully saturated rings. The Morgan fingerprint density at radius 3 is 2.83 bits per heavy atom. The third kappa shape index (κ3) is 3.21. The maximum absolute atomic E-state index is 12.3. The predicted octanol–water partition coefficient (Wildman–Crippen LogP) is 0.234. The highest BCUT2D eigenvalue weighted by molar-refractivity contribution is 5.92. The summed E-state index contributed by atoms with van der Waals surface area (Å²) >= 11 is 0. The second-order valence-corrected chi connectivity index (χ2v) is 5.18. The van der Waals surface area contributed by atoms with Gasteiger partial charge in [-0.3, -0.25) is 9.59 Å². The molecule has 0 radical (unpaired) electrons. The Hall–Kier alpha value is -2.74. The average Bonchev–Trinajstić information content (AvgIpc) is 2.95. The number of rotatable bonds is 3. The Morgan fingerprint density at radius 1 is 1.35 bits per heavy atom. The Labute approximate surface area is 132 Å². The number of aromatic nitrogens is 3. The summed E-state index contributed by atoms with van der Waals surface area (Å²) in [6.45, 7) is 3.80. The molecule has 0 bridgehead atoms. The summed E-state index contributed by atoms with van der Waals surface area (Å²) in [5.41, 5.74) is 1.20. The molecule has 0 spiro atoms. The van der Waals surface area contributed by atoms with E-state index in [1.807, 2.05) is 31.2 Å². The van der Waals surface area contributed by atoms with Crippen LogP contribution in [-0.4, -0.2) is 58.4 Å². The van der Waals surface area contributed by atoms with E-state index in [9.17, 15) is 9.59 Å². The van der Waals surface area contributed by atoms with Crippen molar-refractivity contribution in [2.45, 2.75) is 6.92 Å². The number of nitrogens with zero attached hydrogens (tertiary/aromatic N) is 4. The van der Waals surface area contributed by atoms with Gasteiger partial charge in [-0.25, -0.2) is 0 Å². The molecule has 1 aliphatic heterocycles. The third-order valence-corrected chi connectivity index (χ3v) is 3.65. The lowest BCUT2D eigenvalue weighted by Gasteiger charge is -2.25. The summed E-state index contributed by atoms with van der Waals surface area (Å²) < 4.78 is 5.19. The fourth-order valence-corrected chi connectivity index (χ4v) is 2.28. The first-order valence-corrected chi connectivity index (χ1v) is 7.31. The molecule has 1 saturated heterocycles. The fourth-order valence-electron chi connectivity index (χ4n) is 2.28. The number of H-pyrrole nitrogens is 1. The van der Waals surface area contributed by atoms with Crippen LogP contribution < -0.4 is 5.56 Å². The van der Waals surface area contributed by atoms with E-state index in [2.05, 4.69) is 15.4 Å². The summed E-state index contributed by atoms with van der Waals surface area (Å²) in [5.74, 6) is -0.403. The van der Waals surface area contributed by atoms with Gasteiger partial charge < -0.3 is 9.64 Å². The van der Waals surface area contributed by atoms with E-state index in [4.69, 9.17) is 4.74 Å². The molecule has 1 aromatic heterocycles. The Morgan fingerprint density at radius 2 is 2.09 bits per heavy atom. The standard InChI is InChI=1S/C15H17N5O3/c1-11-4-2-3-5-12(11)10-16-20-15(22)13(17-18-20)14(21)19-6-8-23-9-7-19/h2-5,10,18H,6-9H2,1H3. The van der Waals surface area contributed by atoms with Gasteiger partial charge in [0.1, 0.15) is 0 Å². The van der Waals surface area contributed by atoms with Gasteiger partial charge in [0, 0.05) is 13.1 Å². The van der Waals surface area contributed by atoms with Crippen LogP contribution in [0.3, 0.4) is 0 Å². The molecule has 1 aromatic carbocycles. The Balaban J connectivity index is 1.81. The smallest absolute Gasteiger partial charge is 0.320 e. The van der Waals surface area contributed by atoms with Gasteiger partial charge in [-0.05, 0) is 18.1 Å². The van der Waals surface area contributed by atoms with Crippen molar-refractivity contribution < 1.29 is 9.53 Å². The van der Waals surface area contributed by atoms with Gasteiger partial charge in [0.15, 0.2) is 0 Å². The maximum atomic E-state index is 12.3. The number of carbonyl (C=O) groups is 1. The number of morpholine rings is 1. The van der Waals surface area contributed by atoms with Crippen LogP contribution in [0.5, 0.6) is 0 Å². The van der Waals surface area contributed by atoms with Crippen LogP contribution in [-0.2, 0) is 4.74 Å². The van der Waals surface area contributed by atoms with Crippen molar-refractivity contribution in [1.29, 1.82) is 0 Å². The fraction of sp³-hybridized carbons (Fsp3) is 0.333. The lowest BCUT2D eigenvalue weighted by atomic mass is 10.1. The van der Waals surface area contributed by atoms with E-state index in [0.29, 0.717) is 26.3 Å². The predicted molar refractivity (Wildman–Crippen MR) is 83.7 cm³/mol. The van der Waals surface area contributed by atoms with Gasteiger partial charge in [0.25, 0.3) is 5.91 Å². The number of amides is 1. The zero-order valence-electron chi connectivity index (χ0n) is 12.7. The number of nitrogens with one attached hydrogen (secondary N) is 1. The molecule has 0 saturated carbocycles. The minimum Gasteiger partial charge on any atom is -0.378 e. The number of ether oxygens (including phenoxy) is 1. The topological polar surface area (TPSA) is 92.6 Å². The molecule has 0 atom stereocenters. The second-order valence-electron chi connectivity index (χ2n) is 5.18. The number of aryl methyl sites for hydroxylation is 1.